The first-order valence-electron chi connectivity index (χ1n) is 2.96. The number of aromatic nitrogens is 1. The van der Waals surface area contributed by atoms with Crippen molar-refractivity contribution in [3.05, 3.63) is 28.2 Å². The van der Waals surface area contributed by atoms with Crippen LogP contribution in [0.2, 0.25) is 0 Å². The minimum atomic E-state index is -4.56. The zero-order valence-corrected chi connectivity index (χ0v) is 5.77. The summed E-state index contributed by atoms with van der Waals surface area (Å²) in [5.74, 6) is 0. The van der Waals surface area contributed by atoms with Gasteiger partial charge in [0.1, 0.15) is 5.69 Å². The number of anilines is 1. The Morgan fingerprint density at radius 1 is 1.33 bits per heavy atom. The average Bonchev–Trinajstić information content (AvgIpc) is 1.82. The summed E-state index contributed by atoms with van der Waals surface area (Å²) in [4.78, 5) is 12.1. The molecular weight excluding hydrogens is 173 g/mol. The highest BCUT2D eigenvalue weighted by atomic mass is 19.4. The maximum absolute atomic E-state index is 11.9. The van der Waals surface area contributed by atoms with E-state index in [0.29, 0.717) is 6.07 Å². The third-order valence-electron chi connectivity index (χ3n) is 1.17. The number of aromatic amines is 1. The minimum Gasteiger partial charge on any atom is -0.399 e. The third-order valence-corrected chi connectivity index (χ3v) is 1.17. The second-order valence-electron chi connectivity index (χ2n) is 2.19. The number of rotatable bonds is 0. The fourth-order valence-electron chi connectivity index (χ4n) is 0.717. The molecule has 0 aromatic carbocycles. The van der Waals surface area contributed by atoms with Crippen LogP contribution in [0.5, 0.6) is 0 Å². The normalized spacial score (nSPS) is 11.6. The quantitative estimate of drug-likeness (QED) is 0.622. The third kappa shape index (κ3) is 1.77. The molecule has 0 aliphatic rings. The molecular formula is C6H5F3N2O. The molecule has 0 aliphatic carbocycles. The van der Waals surface area contributed by atoms with E-state index in [0.717, 1.165) is 6.07 Å². The lowest BCUT2D eigenvalue weighted by atomic mass is 10.3. The Morgan fingerprint density at radius 2 is 1.92 bits per heavy atom. The fourth-order valence-corrected chi connectivity index (χ4v) is 0.717. The Bertz CT molecular complexity index is 341. The van der Waals surface area contributed by atoms with Crippen LogP contribution in [-0.4, -0.2) is 4.98 Å². The van der Waals surface area contributed by atoms with E-state index in [2.05, 4.69) is 0 Å². The van der Waals surface area contributed by atoms with Gasteiger partial charge in [-0.3, -0.25) is 4.79 Å². The number of alkyl halides is 3. The molecule has 0 fully saturated rings. The van der Waals surface area contributed by atoms with Crippen LogP contribution in [0.15, 0.2) is 16.9 Å². The number of halogens is 3. The van der Waals surface area contributed by atoms with Crippen molar-refractivity contribution in [2.24, 2.45) is 0 Å². The van der Waals surface area contributed by atoms with Crippen molar-refractivity contribution in [2.75, 3.05) is 5.73 Å². The van der Waals surface area contributed by atoms with E-state index in [9.17, 15) is 18.0 Å². The molecule has 3 N–H and O–H groups in total. The van der Waals surface area contributed by atoms with E-state index >= 15 is 0 Å². The molecule has 0 saturated heterocycles. The first-order valence-corrected chi connectivity index (χ1v) is 2.96. The molecule has 0 spiro atoms. The maximum atomic E-state index is 11.9. The van der Waals surface area contributed by atoms with Crippen LogP contribution < -0.4 is 11.3 Å². The molecule has 6 heteroatoms. The topological polar surface area (TPSA) is 58.9 Å². The molecule has 1 aromatic rings. The van der Waals surface area contributed by atoms with E-state index in [1.54, 1.807) is 4.98 Å². The number of hydrogen-bond acceptors (Lipinski definition) is 2. The monoisotopic (exact) mass is 178 g/mol. The summed E-state index contributed by atoms with van der Waals surface area (Å²) >= 11 is 0. The molecule has 1 heterocycles. The summed E-state index contributed by atoms with van der Waals surface area (Å²) in [5.41, 5.74) is 2.84. The average molecular weight is 178 g/mol. The lowest BCUT2D eigenvalue weighted by molar-refractivity contribution is -0.141. The predicted molar refractivity (Wildman–Crippen MR) is 36.5 cm³/mol. The maximum Gasteiger partial charge on any atom is 0.431 e. The zero-order valence-electron chi connectivity index (χ0n) is 5.77. The predicted octanol–water partition coefficient (Wildman–Crippen LogP) is 0.976. The Labute approximate surface area is 65.0 Å². The summed E-state index contributed by atoms with van der Waals surface area (Å²) in [6, 6.07) is 1.55. The van der Waals surface area contributed by atoms with Crippen LogP contribution in [-0.2, 0) is 6.18 Å². The molecule has 1 aromatic heterocycles. The van der Waals surface area contributed by atoms with Gasteiger partial charge in [-0.05, 0) is 6.07 Å². The van der Waals surface area contributed by atoms with Gasteiger partial charge in [-0.2, -0.15) is 13.2 Å². The van der Waals surface area contributed by atoms with E-state index < -0.39 is 17.4 Å². The number of hydrogen-bond donors (Lipinski definition) is 2. The summed E-state index contributed by atoms with van der Waals surface area (Å²) in [5, 5.41) is 0. The number of nitrogens with two attached hydrogens (primary N) is 1. The highest BCUT2D eigenvalue weighted by molar-refractivity contribution is 5.37. The summed E-state index contributed by atoms with van der Waals surface area (Å²) in [7, 11) is 0. The van der Waals surface area contributed by atoms with Gasteiger partial charge in [0.25, 0.3) is 0 Å². The van der Waals surface area contributed by atoms with Crippen molar-refractivity contribution in [1.29, 1.82) is 0 Å². The SMILES string of the molecule is Nc1cc(C(F)(F)F)[nH]c(=O)c1. The standard InChI is InChI=1S/C6H5F3N2O/c7-6(8,9)4-1-3(10)2-5(12)11-4/h1-2H,(H3,10,11,12). The number of nitrogen functional groups attached to an aromatic ring is 1. The minimum absolute atomic E-state index is 0.203. The Morgan fingerprint density at radius 3 is 2.33 bits per heavy atom. The molecule has 0 bridgehead atoms. The van der Waals surface area contributed by atoms with Crippen LogP contribution >= 0.6 is 0 Å². The van der Waals surface area contributed by atoms with E-state index in [1.165, 1.54) is 0 Å². The Kier molecular flexibility index (Phi) is 1.83. The lowest BCUT2D eigenvalue weighted by Gasteiger charge is -2.05. The number of pyridine rings is 1. The molecule has 66 valence electrons. The fraction of sp³-hybridized carbons (Fsp3) is 0.167. The second-order valence-corrected chi connectivity index (χ2v) is 2.19. The molecule has 12 heavy (non-hydrogen) atoms. The van der Waals surface area contributed by atoms with Crippen LogP contribution in [0.25, 0.3) is 0 Å². The van der Waals surface area contributed by atoms with Gasteiger partial charge in [0, 0.05) is 11.8 Å². The van der Waals surface area contributed by atoms with E-state index in [1.807, 2.05) is 0 Å². The summed E-state index contributed by atoms with van der Waals surface area (Å²) in [6.45, 7) is 0. The second kappa shape index (κ2) is 2.54. The first-order chi connectivity index (χ1) is 5.39. The van der Waals surface area contributed by atoms with E-state index in [-0.39, 0.29) is 5.69 Å². The Balaban J connectivity index is 3.27. The summed E-state index contributed by atoms with van der Waals surface area (Å²) in [6.07, 6.45) is -4.56. The van der Waals surface area contributed by atoms with Crippen LogP contribution in [0.3, 0.4) is 0 Å². The largest absolute Gasteiger partial charge is 0.431 e. The van der Waals surface area contributed by atoms with Gasteiger partial charge >= 0.3 is 6.18 Å². The molecule has 0 saturated carbocycles. The van der Waals surface area contributed by atoms with Crippen LogP contribution in [0, 0.1) is 0 Å². The smallest absolute Gasteiger partial charge is 0.399 e. The molecule has 0 amide bonds. The lowest BCUT2D eigenvalue weighted by Crippen LogP contribution is -2.16. The van der Waals surface area contributed by atoms with Gasteiger partial charge in [0.15, 0.2) is 0 Å². The van der Waals surface area contributed by atoms with Gasteiger partial charge in [-0.1, -0.05) is 0 Å². The molecule has 0 radical (unpaired) electrons. The molecule has 1 rings (SSSR count). The number of H-pyrrole nitrogens is 1. The molecule has 3 nitrogen and oxygen atoms in total. The summed E-state index contributed by atoms with van der Waals surface area (Å²) < 4.78 is 35.8. The van der Waals surface area contributed by atoms with Gasteiger partial charge in [0.05, 0.1) is 0 Å². The zero-order chi connectivity index (χ0) is 9.35. The van der Waals surface area contributed by atoms with Crippen molar-refractivity contribution >= 4 is 5.69 Å². The van der Waals surface area contributed by atoms with Crippen molar-refractivity contribution in [3.8, 4) is 0 Å². The van der Waals surface area contributed by atoms with Crippen molar-refractivity contribution < 1.29 is 13.2 Å². The van der Waals surface area contributed by atoms with Crippen molar-refractivity contribution in [1.82, 2.24) is 4.98 Å². The Hall–Kier alpha value is -1.46. The van der Waals surface area contributed by atoms with Gasteiger partial charge in [-0.15, -0.1) is 0 Å². The van der Waals surface area contributed by atoms with E-state index in [4.69, 9.17) is 5.73 Å². The van der Waals surface area contributed by atoms with Crippen molar-refractivity contribution in [3.63, 3.8) is 0 Å². The molecule has 0 aliphatic heterocycles. The van der Waals surface area contributed by atoms with Gasteiger partial charge in [-0.25, -0.2) is 0 Å². The molecule has 0 atom stereocenters. The molecule has 0 unspecified atom stereocenters. The number of nitrogens with one attached hydrogen (secondary N) is 1. The van der Waals surface area contributed by atoms with Gasteiger partial charge in [0.2, 0.25) is 5.56 Å². The van der Waals surface area contributed by atoms with Crippen LogP contribution in [0.1, 0.15) is 5.69 Å². The highest BCUT2D eigenvalue weighted by Gasteiger charge is 2.31. The van der Waals surface area contributed by atoms with Crippen LogP contribution in [0.4, 0.5) is 18.9 Å². The van der Waals surface area contributed by atoms with Gasteiger partial charge < -0.3 is 10.7 Å². The van der Waals surface area contributed by atoms with Crippen molar-refractivity contribution in [2.45, 2.75) is 6.18 Å². The highest BCUT2D eigenvalue weighted by Crippen LogP contribution is 2.27. The first kappa shape index (κ1) is 8.63.